The standard InChI is InChI=1S/C12H24N2O/c13-9-12-10-14(7-8-15-12)6-5-11-3-1-2-4-11/h11-12H,1-10,13H2. The Hall–Kier alpha value is -0.120. The molecular weight excluding hydrogens is 188 g/mol. The number of hydrogen-bond donors (Lipinski definition) is 1. The third-order valence-corrected chi connectivity index (χ3v) is 3.81. The van der Waals surface area contributed by atoms with Gasteiger partial charge < -0.3 is 10.5 Å². The van der Waals surface area contributed by atoms with Crippen LogP contribution in [0.25, 0.3) is 0 Å². The summed E-state index contributed by atoms with van der Waals surface area (Å²) >= 11 is 0. The molecule has 15 heavy (non-hydrogen) atoms. The average molecular weight is 212 g/mol. The van der Waals surface area contributed by atoms with Crippen molar-refractivity contribution in [3.8, 4) is 0 Å². The Kier molecular flexibility index (Phi) is 4.42. The summed E-state index contributed by atoms with van der Waals surface area (Å²) in [5.74, 6) is 1.00. The van der Waals surface area contributed by atoms with Gasteiger partial charge in [0.1, 0.15) is 0 Å². The van der Waals surface area contributed by atoms with Crippen LogP contribution in [0.5, 0.6) is 0 Å². The lowest BCUT2D eigenvalue weighted by Crippen LogP contribution is -2.46. The molecule has 1 unspecified atom stereocenters. The first kappa shape index (κ1) is 11.4. The summed E-state index contributed by atoms with van der Waals surface area (Å²) in [6.45, 7) is 4.93. The number of morpholine rings is 1. The van der Waals surface area contributed by atoms with Gasteiger partial charge in [-0.2, -0.15) is 0 Å². The molecule has 1 aliphatic heterocycles. The van der Waals surface area contributed by atoms with Gasteiger partial charge in [-0.3, -0.25) is 4.90 Å². The Morgan fingerprint density at radius 2 is 2.07 bits per heavy atom. The molecule has 0 bridgehead atoms. The molecule has 2 rings (SSSR count). The first-order valence-electron chi connectivity index (χ1n) is 6.42. The SMILES string of the molecule is NCC1CN(CCC2CCCC2)CCO1. The first-order chi connectivity index (χ1) is 7.38. The van der Waals surface area contributed by atoms with Gasteiger partial charge in [-0.1, -0.05) is 25.7 Å². The van der Waals surface area contributed by atoms with Crippen molar-refractivity contribution in [2.24, 2.45) is 11.7 Å². The summed E-state index contributed by atoms with van der Waals surface area (Å²) in [4.78, 5) is 2.53. The van der Waals surface area contributed by atoms with Crippen molar-refractivity contribution in [1.82, 2.24) is 4.90 Å². The third kappa shape index (κ3) is 3.44. The van der Waals surface area contributed by atoms with Gasteiger partial charge in [0.05, 0.1) is 12.7 Å². The third-order valence-electron chi connectivity index (χ3n) is 3.81. The van der Waals surface area contributed by atoms with Crippen molar-refractivity contribution < 1.29 is 4.74 Å². The van der Waals surface area contributed by atoms with Crippen molar-refractivity contribution in [1.29, 1.82) is 0 Å². The molecule has 2 N–H and O–H groups in total. The molecule has 1 heterocycles. The van der Waals surface area contributed by atoms with E-state index in [9.17, 15) is 0 Å². The first-order valence-corrected chi connectivity index (χ1v) is 6.42. The number of hydrogen-bond acceptors (Lipinski definition) is 3. The van der Waals surface area contributed by atoms with Crippen LogP contribution in [0.1, 0.15) is 32.1 Å². The van der Waals surface area contributed by atoms with Gasteiger partial charge in [-0.05, 0) is 18.9 Å². The Balaban J connectivity index is 1.65. The van der Waals surface area contributed by atoms with Gasteiger partial charge in [0, 0.05) is 19.6 Å². The van der Waals surface area contributed by atoms with E-state index < -0.39 is 0 Å². The Morgan fingerprint density at radius 3 is 2.80 bits per heavy atom. The monoisotopic (exact) mass is 212 g/mol. The molecule has 1 atom stereocenters. The highest BCUT2D eigenvalue weighted by Crippen LogP contribution is 2.27. The highest BCUT2D eigenvalue weighted by Gasteiger charge is 2.21. The summed E-state index contributed by atoms with van der Waals surface area (Å²) in [5.41, 5.74) is 5.63. The van der Waals surface area contributed by atoms with E-state index in [1.807, 2.05) is 0 Å². The van der Waals surface area contributed by atoms with Gasteiger partial charge in [-0.25, -0.2) is 0 Å². The van der Waals surface area contributed by atoms with Gasteiger partial charge in [0.25, 0.3) is 0 Å². The summed E-state index contributed by atoms with van der Waals surface area (Å²) < 4.78 is 5.56. The molecule has 0 aromatic heterocycles. The van der Waals surface area contributed by atoms with Crippen LogP contribution in [0.2, 0.25) is 0 Å². The zero-order chi connectivity index (χ0) is 10.5. The van der Waals surface area contributed by atoms with Crippen LogP contribution in [0.15, 0.2) is 0 Å². The molecule has 0 spiro atoms. The summed E-state index contributed by atoms with van der Waals surface area (Å²) in [6, 6.07) is 0. The summed E-state index contributed by atoms with van der Waals surface area (Å²) in [7, 11) is 0. The largest absolute Gasteiger partial charge is 0.374 e. The summed E-state index contributed by atoms with van der Waals surface area (Å²) in [5, 5.41) is 0. The van der Waals surface area contributed by atoms with E-state index in [2.05, 4.69) is 4.90 Å². The Bertz CT molecular complexity index is 180. The van der Waals surface area contributed by atoms with Crippen LogP contribution in [-0.2, 0) is 4.74 Å². The zero-order valence-corrected chi connectivity index (χ0v) is 9.66. The minimum Gasteiger partial charge on any atom is -0.374 e. The fraction of sp³-hybridized carbons (Fsp3) is 1.00. The highest BCUT2D eigenvalue weighted by molar-refractivity contribution is 4.74. The van der Waals surface area contributed by atoms with Gasteiger partial charge in [-0.15, -0.1) is 0 Å². The molecule has 3 heteroatoms. The second-order valence-electron chi connectivity index (χ2n) is 4.97. The van der Waals surface area contributed by atoms with Crippen LogP contribution in [0, 0.1) is 5.92 Å². The molecule has 1 saturated heterocycles. The van der Waals surface area contributed by atoms with Crippen LogP contribution >= 0.6 is 0 Å². The second-order valence-corrected chi connectivity index (χ2v) is 4.97. The van der Waals surface area contributed by atoms with Crippen molar-refractivity contribution in [2.75, 3.05) is 32.8 Å². The topological polar surface area (TPSA) is 38.5 Å². The molecular formula is C12H24N2O. The molecule has 2 aliphatic rings. The van der Waals surface area contributed by atoms with Crippen molar-refractivity contribution in [3.05, 3.63) is 0 Å². The molecule has 3 nitrogen and oxygen atoms in total. The Morgan fingerprint density at radius 1 is 1.27 bits per heavy atom. The molecule has 0 radical (unpaired) electrons. The minimum absolute atomic E-state index is 0.280. The van der Waals surface area contributed by atoms with E-state index in [0.717, 1.165) is 25.6 Å². The smallest absolute Gasteiger partial charge is 0.0824 e. The van der Waals surface area contributed by atoms with E-state index in [1.54, 1.807) is 0 Å². The number of nitrogens with two attached hydrogens (primary N) is 1. The lowest BCUT2D eigenvalue weighted by Gasteiger charge is -2.32. The predicted octanol–water partition coefficient (Wildman–Crippen LogP) is 1.23. The second kappa shape index (κ2) is 5.83. The van der Waals surface area contributed by atoms with E-state index in [0.29, 0.717) is 6.54 Å². The predicted molar refractivity (Wildman–Crippen MR) is 61.8 cm³/mol. The normalized spacial score (nSPS) is 29.8. The Labute approximate surface area is 93.0 Å². The molecule has 0 amide bonds. The fourth-order valence-electron chi connectivity index (χ4n) is 2.79. The maximum absolute atomic E-state index is 5.63. The van der Waals surface area contributed by atoms with Crippen molar-refractivity contribution >= 4 is 0 Å². The number of nitrogens with zero attached hydrogens (tertiary/aromatic N) is 1. The van der Waals surface area contributed by atoms with Gasteiger partial charge in [0.15, 0.2) is 0 Å². The lowest BCUT2D eigenvalue weighted by atomic mass is 10.0. The van der Waals surface area contributed by atoms with Gasteiger partial charge in [0.2, 0.25) is 0 Å². The van der Waals surface area contributed by atoms with Crippen LogP contribution in [-0.4, -0.2) is 43.8 Å². The van der Waals surface area contributed by atoms with E-state index in [1.165, 1.54) is 38.6 Å². The maximum atomic E-state index is 5.63. The van der Waals surface area contributed by atoms with Crippen LogP contribution in [0.4, 0.5) is 0 Å². The maximum Gasteiger partial charge on any atom is 0.0824 e. The van der Waals surface area contributed by atoms with Crippen LogP contribution < -0.4 is 5.73 Å². The van der Waals surface area contributed by atoms with Crippen molar-refractivity contribution in [2.45, 2.75) is 38.2 Å². The van der Waals surface area contributed by atoms with E-state index in [4.69, 9.17) is 10.5 Å². The molecule has 1 aliphatic carbocycles. The van der Waals surface area contributed by atoms with Crippen LogP contribution in [0.3, 0.4) is 0 Å². The number of ether oxygens (including phenoxy) is 1. The molecule has 0 aromatic carbocycles. The van der Waals surface area contributed by atoms with Crippen molar-refractivity contribution in [3.63, 3.8) is 0 Å². The van der Waals surface area contributed by atoms with Gasteiger partial charge >= 0.3 is 0 Å². The minimum atomic E-state index is 0.280. The van der Waals surface area contributed by atoms with E-state index in [-0.39, 0.29) is 6.10 Å². The number of rotatable bonds is 4. The fourth-order valence-corrected chi connectivity index (χ4v) is 2.79. The van der Waals surface area contributed by atoms with E-state index >= 15 is 0 Å². The zero-order valence-electron chi connectivity index (χ0n) is 9.66. The quantitative estimate of drug-likeness (QED) is 0.761. The lowest BCUT2D eigenvalue weighted by molar-refractivity contribution is -0.0244. The molecule has 1 saturated carbocycles. The molecule has 0 aromatic rings. The molecule has 2 fully saturated rings. The molecule has 88 valence electrons. The summed E-state index contributed by atoms with van der Waals surface area (Å²) in [6.07, 6.45) is 7.51. The average Bonchev–Trinajstić information content (AvgIpc) is 2.79. The highest BCUT2D eigenvalue weighted by atomic mass is 16.5.